The predicted molar refractivity (Wildman–Crippen MR) is 77.4 cm³/mol. The summed E-state index contributed by atoms with van der Waals surface area (Å²) in [4.78, 5) is 1.32. The Morgan fingerprint density at radius 1 is 1.45 bits per heavy atom. The van der Waals surface area contributed by atoms with Gasteiger partial charge in [-0.15, -0.1) is 11.3 Å². The van der Waals surface area contributed by atoms with Crippen LogP contribution in [0.5, 0.6) is 0 Å². The van der Waals surface area contributed by atoms with Gasteiger partial charge in [0.25, 0.3) is 0 Å². The van der Waals surface area contributed by atoms with Crippen LogP contribution in [-0.2, 0) is 26.0 Å². The zero-order valence-corrected chi connectivity index (χ0v) is 13.1. The summed E-state index contributed by atoms with van der Waals surface area (Å²) in [5, 5.41) is 4.83. The van der Waals surface area contributed by atoms with Gasteiger partial charge in [0.15, 0.2) is 0 Å². The van der Waals surface area contributed by atoms with E-state index >= 15 is 0 Å². The summed E-state index contributed by atoms with van der Waals surface area (Å²) >= 11 is 1.44. The molecule has 1 saturated heterocycles. The molecule has 2 N–H and O–H groups in total. The van der Waals surface area contributed by atoms with Crippen LogP contribution in [0.2, 0.25) is 0 Å². The van der Waals surface area contributed by atoms with Gasteiger partial charge in [-0.1, -0.05) is 6.92 Å². The van der Waals surface area contributed by atoms with Crippen molar-refractivity contribution in [2.75, 3.05) is 32.9 Å². The van der Waals surface area contributed by atoms with Crippen molar-refractivity contribution >= 4 is 21.4 Å². The molecule has 0 amide bonds. The van der Waals surface area contributed by atoms with E-state index in [1.54, 1.807) is 11.4 Å². The van der Waals surface area contributed by atoms with Crippen molar-refractivity contribution in [2.24, 2.45) is 0 Å². The van der Waals surface area contributed by atoms with Crippen LogP contribution in [0.4, 0.5) is 0 Å². The molecule has 0 aromatic carbocycles. The van der Waals surface area contributed by atoms with Crippen molar-refractivity contribution in [1.29, 1.82) is 0 Å². The third-order valence-electron chi connectivity index (χ3n) is 2.88. The predicted octanol–water partition coefficient (Wildman–Crippen LogP) is 0.551. The van der Waals surface area contributed by atoms with Crippen molar-refractivity contribution in [2.45, 2.75) is 24.5 Å². The van der Waals surface area contributed by atoms with Gasteiger partial charge in [-0.2, -0.15) is 0 Å². The second-order valence-electron chi connectivity index (χ2n) is 4.45. The van der Waals surface area contributed by atoms with Crippen LogP contribution in [0.15, 0.2) is 16.3 Å². The molecular formula is C12H20N2O4S2. The second kappa shape index (κ2) is 7.48. The van der Waals surface area contributed by atoms with E-state index in [0.717, 1.165) is 11.4 Å². The smallest absolute Gasteiger partial charge is 0.241 e. The van der Waals surface area contributed by atoms with Crippen LogP contribution >= 0.6 is 11.3 Å². The van der Waals surface area contributed by atoms with Crippen molar-refractivity contribution in [3.05, 3.63) is 16.3 Å². The number of hydrogen-bond acceptors (Lipinski definition) is 6. The Morgan fingerprint density at radius 2 is 2.30 bits per heavy atom. The van der Waals surface area contributed by atoms with Gasteiger partial charge in [0.1, 0.15) is 0 Å². The maximum absolute atomic E-state index is 12.1. The van der Waals surface area contributed by atoms with Crippen LogP contribution in [0.3, 0.4) is 0 Å². The summed E-state index contributed by atoms with van der Waals surface area (Å²) in [7, 11) is -3.47. The fourth-order valence-electron chi connectivity index (χ4n) is 1.78. The molecule has 6 nitrogen and oxygen atoms in total. The molecule has 1 aliphatic rings. The summed E-state index contributed by atoms with van der Waals surface area (Å²) in [6.07, 6.45) is -0.210. The van der Waals surface area contributed by atoms with Crippen LogP contribution in [0.25, 0.3) is 0 Å². The molecule has 1 aromatic rings. The summed E-state index contributed by atoms with van der Waals surface area (Å²) in [5.41, 5.74) is 0. The van der Waals surface area contributed by atoms with E-state index in [1.807, 2.05) is 6.92 Å². The van der Waals surface area contributed by atoms with Crippen molar-refractivity contribution in [3.8, 4) is 0 Å². The minimum Gasteiger partial charge on any atom is -0.376 e. The normalized spacial score (nSPS) is 20.1. The molecule has 0 bridgehead atoms. The van der Waals surface area contributed by atoms with E-state index < -0.39 is 10.0 Å². The van der Waals surface area contributed by atoms with Gasteiger partial charge in [0.2, 0.25) is 10.0 Å². The molecule has 114 valence electrons. The minimum atomic E-state index is -3.47. The van der Waals surface area contributed by atoms with E-state index in [9.17, 15) is 8.42 Å². The van der Waals surface area contributed by atoms with Gasteiger partial charge in [0.05, 0.1) is 30.8 Å². The van der Waals surface area contributed by atoms with E-state index in [4.69, 9.17) is 9.47 Å². The quantitative estimate of drug-likeness (QED) is 0.767. The molecule has 1 fully saturated rings. The number of nitrogens with one attached hydrogen (secondary N) is 2. The van der Waals surface area contributed by atoms with Crippen molar-refractivity contribution in [1.82, 2.24) is 10.0 Å². The third kappa shape index (κ3) is 4.51. The average molecular weight is 320 g/mol. The van der Waals surface area contributed by atoms with Gasteiger partial charge in [-0.25, -0.2) is 13.1 Å². The summed E-state index contributed by atoms with van der Waals surface area (Å²) in [6.45, 7) is 5.31. The second-order valence-corrected chi connectivity index (χ2v) is 7.21. The Morgan fingerprint density at radius 3 is 3.00 bits per heavy atom. The summed E-state index contributed by atoms with van der Waals surface area (Å²) < 4.78 is 37.5. The molecule has 8 heteroatoms. The Balaban J connectivity index is 1.90. The van der Waals surface area contributed by atoms with Crippen LogP contribution in [-0.4, -0.2) is 47.4 Å². The van der Waals surface area contributed by atoms with Crippen LogP contribution < -0.4 is 10.0 Å². The standard InChI is InChI=1S/C12H20N2O4S2/c1-2-13-7-11-5-12(9-19-11)20(15,16)14-6-10-8-17-3-4-18-10/h5,9-10,13-14H,2-4,6-8H2,1H3. The van der Waals surface area contributed by atoms with Gasteiger partial charge in [-0.3, -0.25) is 0 Å². The summed E-state index contributed by atoms with van der Waals surface area (Å²) in [5.74, 6) is 0. The Bertz CT molecular complexity index is 509. The van der Waals surface area contributed by atoms with E-state index in [0.29, 0.717) is 31.3 Å². The largest absolute Gasteiger partial charge is 0.376 e. The molecule has 20 heavy (non-hydrogen) atoms. The lowest BCUT2D eigenvalue weighted by molar-refractivity contribution is -0.0846. The topological polar surface area (TPSA) is 76.7 Å². The molecule has 1 aromatic heterocycles. The first kappa shape index (κ1) is 15.9. The first-order valence-corrected chi connectivity index (χ1v) is 8.95. The zero-order chi connectivity index (χ0) is 14.4. The highest BCUT2D eigenvalue weighted by molar-refractivity contribution is 7.89. The van der Waals surface area contributed by atoms with Gasteiger partial charge >= 0.3 is 0 Å². The number of hydrogen-bond donors (Lipinski definition) is 2. The number of rotatable bonds is 7. The van der Waals surface area contributed by atoms with E-state index in [2.05, 4.69) is 10.0 Å². The van der Waals surface area contributed by atoms with Gasteiger partial charge < -0.3 is 14.8 Å². The lowest BCUT2D eigenvalue weighted by Gasteiger charge is -2.22. The Labute approximate surface area is 123 Å². The van der Waals surface area contributed by atoms with Gasteiger partial charge in [-0.05, 0) is 12.6 Å². The highest BCUT2D eigenvalue weighted by Gasteiger charge is 2.20. The maximum atomic E-state index is 12.1. The molecule has 0 aliphatic carbocycles. The van der Waals surface area contributed by atoms with Crippen LogP contribution in [0.1, 0.15) is 11.8 Å². The molecule has 0 spiro atoms. The Hall–Kier alpha value is -0.510. The molecule has 1 unspecified atom stereocenters. The highest BCUT2D eigenvalue weighted by Crippen LogP contribution is 2.19. The molecule has 0 radical (unpaired) electrons. The SMILES string of the molecule is CCNCc1cc(S(=O)(=O)NCC2COCCO2)cs1. The molecular weight excluding hydrogens is 300 g/mol. The third-order valence-corrected chi connectivity index (χ3v) is 5.36. The van der Waals surface area contributed by atoms with Gasteiger partial charge in [0, 0.05) is 23.3 Å². The van der Waals surface area contributed by atoms with E-state index in [-0.39, 0.29) is 12.6 Å². The number of sulfonamides is 1. The monoisotopic (exact) mass is 320 g/mol. The molecule has 2 heterocycles. The molecule has 0 saturated carbocycles. The lowest BCUT2D eigenvalue weighted by Crippen LogP contribution is -2.39. The molecule has 1 atom stereocenters. The number of ether oxygens (including phenoxy) is 2. The summed E-state index contributed by atoms with van der Waals surface area (Å²) in [6, 6.07) is 1.70. The van der Waals surface area contributed by atoms with E-state index in [1.165, 1.54) is 11.3 Å². The fraction of sp³-hybridized carbons (Fsp3) is 0.667. The first-order valence-electron chi connectivity index (χ1n) is 6.59. The van der Waals surface area contributed by atoms with Crippen molar-refractivity contribution in [3.63, 3.8) is 0 Å². The highest BCUT2D eigenvalue weighted by atomic mass is 32.2. The fourth-order valence-corrected chi connectivity index (χ4v) is 4.09. The van der Waals surface area contributed by atoms with Crippen LogP contribution in [0, 0.1) is 0 Å². The maximum Gasteiger partial charge on any atom is 0.241 e. The lowest BCUT2D eigenvalue weighted by atomic mass is 10.3. The Kier molecular flexibility index (Phi) is 5.94. The molecule has 2 rings (SSSR count). The zero-order valence-electron chi connectivity index (χ0n) is 11.4. The molecule has 1 aliphatic heterocycles. The first-order chi connectivity index (χ1) is 9.62. The van der Waals surface area contributed by atoms with Crippen molar-refractivity contribution < 1.29 is 17.9 Å². The average Bonchev–Trinajstić information content (AvgIpc) is 2.94. The minimum absolute atomic E-state index is 0.210. The number of thiophene rings is 1.